The average molecular weight is 463 g/mol. The summed E-state index contributed by atoms with van der Waals surface area (Å²) in [5, 5.41) is 2.70. The number of hydrogen-bond acceptors (Lipinski definition) is 2. The molecule has 4 nitrogen and oxygen atoms in total. The summed E-state index contributed by atoms with van der Waals surface area (Å²) in [5.74, 6) is -1.18. The van der Waals surface area contributed by atoms with Gasteiger partial charge < -0.3 is 9.88 Å². The number of fused-ring (bicyclic) bond motifs is 2. The minimum atomic E-state index is -4.42. The number of anilines is 1. The number of aromatic nitrogens is 2. The molecule has 2 aromatic carbocycles. The highest BCUT2D eigenvalue weighted by atomic mass is 19.4. The number of rotatable bonds is 5. The van der Waals surface area contributed by atoms with Gasteiger partial charge in [0.15, 0.2) is 11.6 Å². The fourth-order valence-corrected chi connectivity index (χ4v) is 5.33. The van der Waals surface area contributed by atoms with Crippen molar-refractivity contribution >= 4 is 22.6 Å². The largest absolute Gasteiger partial charge is 0.416 e. The van der Waals surface area contributed by atoms with Crippen LogP contribution in [0, 0.1) is 35.3 Å². The van der Waals surface area contributed by atoms with Crippen molar-refractivity contribution in [3.8, 4) is 0 Å². The van der Waals surface area contributed by atoms with Crippen LogP contribution < -0.4 is 5.32 Å². The summed E-state index contributed by atoms with van der Waals surface area (Å²) in [6, 6.07) is 6.81. The summed E-state index contributed by atoms with van der Waals surface area (Å²) >= 11 is 0. The first-order valence-corrected chi connectivity index (χ1v) is 10.9. The van der Waals surface area contributed by atoms with Crippen LogP contribution in [0.15, 0.2) is 42.7 Å². The molecule has 2 unspecified atom stereocenters. The molecule has 2 aliphatic carbocycles. The molecule has 174 valence electrons. The average Bonchev–Trinajstić information content (AvgIpc) is 3.34. The van der Waals surface area contributed by atoms with E-state index in [9.17, 15) is 26.7 Å². The SMILES string of the molecule is CC(C[C@@H]1C[C@@H](n2cnc3cc(F)c(F)cc32)C2C[C@@H]21)C(=O)Nc1ccc(C(F)(F)F)cc1. The maximum Gasteiger partial charge on any atom is 0.416 e. The van der Waals surface area contributed by atoms with Crippen LogP contribution in [0.25, 0.3) is 11.0 Å². The Balaban J connectivity index is 1.23. The van der Waals surface area contributed by atoms with Crippen LogP contribution >= 0.6 is 0 Å². The van der Waals surface area contributed by atoms with Crippen LogP contribution in [0.1, 0.15) is 37.8 Å². The molecular weight excluding hydrogens is 441 g/mol. The predicted octanol–water partition coefficient (Wildman–Crippen LogP) is 6.20. The molecular formula is C24H22F5N3O. The molecule has 1 heterocycles. The maximum atomic E-state index is 13.8. The molecule has 1 amide bonds. The Morgan fingerprint density at radius 2 is 1.82 bits per heavy atom. The number of carbonyl (C=O) groups is 1. The quantitative estimate of drug-likeness (QED) is 0.459. The Labute approximate surface area is 186 Å². The molecule has 1 aromatic heterocycles. The van der Waals surface area contributed by atoms with Crippen molar-refractivity contribution in [2.24, 2.45) is 23.7 Å². The molecule has 2 aliphatic rings. The van der Waals surface area contributed by atoms with Gasteiger partial charge in [-0.2, -0.15) is 13.2 Å². The second-order valence-electron chi connectivity index (χ2n) is 9.23. The molecule has 3 aromatic rings. The lowest BCUT2D eigenvalue weighted by atomic mass is 9.90. The lowest BCUT2D eigenvalue weighted by molar-refractivity contribution is -0.137. The Morgan fingerprint density at radius 1 is 1.12 bits per heavy atom. The van der Waals surface area contributed by atoms with E-state index in [0.717, 1.165) is 31.0 Å². The van der Waals surface area contributed by atoms with Gasteiger partial charge in [-0.05, 0) is 61.3 Å². The van der Waals surface area contributed by atoms with Crippen molar-refractivity contribution in [3.05, 3.63) is 59.9 Å². The van der Waals surface area contributed by atoms with E-state index in [1.807, 2.05) is 11.5 Å². The van der Waals surface area contributed by atoms with E-state index in [2.05, 4.69) is 10.3 Å². The van der Waals surface area contributed by atoms with Gasteiger partial charge in [0.1, 0.15) is 0 Å². The highest BCUT2D eigenvalue weighted by Crippen LogP contribution is 2.62. The minimum absolute atomic E-state index is 0.125. The third-order valence-corrected chi connectivity index (χ3v) is 7.09. The molecule has 2 saturated carbocycles. The van der Waals surface area contributed by atoms with E-state index >= 15 is 0 Å². The van der Waals surface area contributed by atoms with Crippen LogP contribution in [-0.4, -0.2) is 15.5 Å². The van der Waals surface area contributed by atoms with Gasteiger partial charge in [-0.25, -0.2) is 13.8 Å². The highest BCUT2D eigenvalue weighted by Gasteiger charge is 2.55. The zero-order valence-corrected chi connectivity index (χ0v) is 17.7. The number of imidazole rings is 1. The van der Waals surface area contributed by atoms with E-state index in [0.29, 0.717) is 40.9 Å². The monoisotopic (exact) mass is 463 g/mol. The summed E-state index contributed by atoms with van der Waals surface area (Å²) in [5.41, 5.74) is 0.546. The Hall–Kier alpha value is -2.97. The van der Waals surface area contributed by atoms with Crippen molar-refractivity contribution in [3.63, 3.8) is 0 Å². The Bertz CT molecular complexity index is 1200. The molecule has 0 aliphatic heterocycles. The van der Waals surface area contributed by atoms with Crippen molar-refractivity contribution < 1.29 is 26.7 Å². The Kier molecular flexibility index (Phi) is 5.17. The molecule has 5 atom stereocenters. The molecule has 0 saturated heterocycles. The van der Waals surface area contributed by atoms with E-state index in [-0.39, 0.29) is 17.9 Å². The number of benzene rings is 2. The fourth-order valence-electron chi connectivity index (χ4n) is 5.33. The first kappa shape index (κ1) is 21.9. The maximum absolute atomic E-state index is 13.8. The van der Waals surface area contributed by atoms with Gasteiger partial charge in [0, 0.05) is 29.8 Å². The summed E-state index contributed by atoms with van der Waals surface area (Å²) < 4.78 is 67.3. The first-order chi connectivity index (χ1) is 15.6. The zero-order valence-electron chi connectivity index (χ0n) is 17.7. The summed E-state index contributed by atoms with van der Waals surface area (Å²) in [7, 11) is 0. The minimum Gasteiger partial charge on any atom is -0.327 e. The van der Waals surface area contributed by atoms with Crippen LogP contribution in [0.4, 0.5) is 27.6 Å². The lowest BCUT2D eigenvalue weighted by Gasteiger charge is -2.21. The molecule has 0 bridgehead atoms. The number of carbonyl (C=O) groups excluding carboxylic acids is 1. The van der Waals surface area contributed by atoms with Crippen LogP contribution in [0.3, 0.4) is 0 Å². The van der Waals surface area contributed by atoms with Gasteiger partial charge in [0.25, 0.3) is 0 Å². The van der Waals surface area contributed by atoms with E-state index in [1.54, 1.807) is 6.33 Å². The van der Waals surface area contributed by atoms with Gasteiger partial charge in [-0.15, -0.1) is 0 Å². The summed E-state index contributed by atoms with van der Waals surface area (Å²) in [4.78, 5) is 16.9. The van der Waals surface area contributed by atoms with Crippen molar-refractivity contribution in [1.29, 1.82) is 0 Å². The van der Waals surface area contributed by atoms with Crippen molar-refractivity contribution in [2.75, 3.05) is 5.32 Å². The van der Waals surface area contributed by atoms with Crippen molar-refractivity contribution in [1.82, 2.24) is 9.55 Å². The third kappa shape index (κ3) is 4.09. The first-order valence-electron chi connectivity index (χ1n) is 10.9. The van der Waals surface area contributed by atoms with Gasteiger partial charge in [-0.1, -0.05) is 6.92 Å². The van der Waals surface area contributed by atoms with Crippen LogP contribution in [0.2, 0.25) is 0 Å². The fraction of sp³-hybridized carbons (Fsp3) is 0.417. The van der Waals surface area contributed by atoms with E-state index in [4.69, 9.17) is 0 Å². The molecule has 33 heavy (non-hydrogen) atoms. The topological polar surface area (TPSA) is 46.9 Å². The van der Waals surface area contributed by atoms with Crippen molar-refractivity contribution in [2.45, 2.75) is 38.4 Å². The van der Waals surface area contributed by atoms with Gasteiger partial charge in [0.2, 0.25) is 5.91 Å². The van der Waals surface area contributed by atoms with Gasteiger partial charge >= 0.3 is 6.18 Å². The molecule has 5 rings (SSSR count). The van der Waals surface area contributed by atoms with E-state index in [1.165, 1.54) is 18.2 Å². The van der Waals surface area contributed by atoms with Crippen LogP contribution in [-0.2, 0) is 11.0 Å². The lowest BCUT2D eigenvalue weighted by Crippen LogP contribution is -2.23. The number of alkyl halides is 3. The summed E-state index contributed by atoms with van der Waals surface area (Å²) in [6.45, 7) is 1.81. The molecule has 9 heteroatoms. The molecule has 2 fully saturated rings. The van der Waals surface area contributed by atoms with Crippen LogP contribution in [0.5, 0.6) is 0 Å². The Morgan fingerprint density at radius 3 is 2.52 bits per heavy atom. The number of hydrogen-bond donors (Lipinski definition) is 1. The molecule has 1 N–H and O–H groups in total. The number of nitrogens with one attached hydrogen (secondary N) is 1. The predicted molar refractivity (Wildman–Crippen MR) is 112 cm³/mol. The van der Waals surface area contributed by atoms with Gasteiger partial charge in [0.05, 0.1) is 22.9 Å². The smallest absolute Gasteiger partial charge is 0.327 e. The van der Waals surface area contributed by atoms with Gasteiger partial charge in [-0.3, -0.25) is 4.79 Å². The second-order valence-corrected chi connectivity index (χ2v) is 9.23. The summed E-state index contributed by atoms with van der Waals surface area (Å²) in [6.07, 6.45) is -0.299. The third-order valence-electron chi connectivity index (χ3n) is 7.09. The number of nitrogens with zero attached hydrogens (tertiary/aromatic N) is 2. The standard InChI is InChI=1S/C24H22F5N3O/c1-12(23(33)31-15-4-2-14(3-5-15)24(27,28)29)6-13-7-21(17-8-16(13)17)32-11-30-20-9-18(25)19(26)10-22(20)32/h2-5,9-13,16-17,21H,6-8H2,1H3,(H,31,33)/t12?,13-,16-,17?,21-/m1/s1. The number of amides is 1. The second kappa shape index (κ2) is 7.81. The molecule has 0 spiro atoms. The normalized spacial score (nSPS) is 25.2. The number of halogens is 5. The molecule has 0 radical (unpaired) electrons. The van der Waals surface area contributed by atoms with E-state index < -0.39 is 23.4 Å². The zero-order chi connectivity index (χ0) is 23.5. The highest BCUT2D eigenvalue weighted by molar-refractivity contribution is 5.92.